The molecule has 0 aliphatic carbocycles. The van der Waals surface area contributed by atoms with Gasteiger partial charge in [-0.15, -0.1) is 11.8 Å². The van der Waals surface area contributed by atoms with Gasteiger partial charge in [-0.05, 0) is 53.9 Å². The van der Waals surface area contributed by atoms with Crippen LogP contribution in [-0.4, -0.2) is 9.78 Å². The molecule has 2 N–H and O–H groups in total. The summed E-state index contributed by atoms with van der Waals surface area (Å²) in [5.41, 5.74) is 9.45. The summed E-state index contributed by atoms with van der Waals surface area (Å²) in [6.45, 7) is 7.17. The Morgan fingerprint density at radius 2 is 1.95 bits per heavy atom. The van der Waals surface area contributed by atoms with Crippen molar-refractivity contribution in [2.24, 2.45) is 5.73 Å². The predicted octanol–water partition coefficient (Wildman–Crippen LogP) is 4.54. The number of thioether (sulfide) groups is 1. The SMILES string of the molecule is CCc1nn(CC)c(CSc2ccc(C(C)N)cc2)c1Br. The van der Waals surface area contributed by atoms with E-state index in [0.717, 1.165) is 28.9 Å². The van der Waals surface area contributed by atoms with E-state index in [1.54, 1.807) is 0 Å². The molecule has 0 aliphatic heterocycles. The van der Waals surface area contributed by atoms with Gasteiger partial charge in [-0.1, -0.05) is 19.1 Å². The predicted molar refractivity (Wildman–Crippen MR) is 93.6 cm³/mol. The van der Waals surface area contributed by atoms with Crippen molar-refractivity contribution in [1.29, 1.82) is 0 Å². The molecule has 1 heterocycles. The topological polar surface area (TPSA) is 43.8 Å². The third-order valence-electron chi connectivity index (χ3n) is 3.48. The van der Waals surface area contributed by atoms with E-state index in [4.69, 9.17) is 5.73 Å². The van der Waals surface area contributed by atoms with Gasteiger partial charge >= 0.3 is 0 Å². The lowest BCUT2D eigenvalue weighted by atomic mass is 10.1. The van der Waals surface area contributed by atoms with E-state index in [9.17, 15) is 0 Å². The molecule has 1 aromatic heterocycles. The fourth-order valence-electron chi connectivity index (χ4n) is 2.17. The maximum absolute atomic E-state index is 5.88. The molecule has 0 aliphatic rings. The highest BCUT2D eigenvalue weighted by molar-refractivity contribution is 9.10. The molecule has 0 spiro atoms. The Labute approximate surface area is 139 Å². The zero-order valence-corrected chi connectivity index (χ0v) is 15.2. The van der Waals surface area contributed by atoms with Gasteiger partial charge in [0.25, 0.3) is 0 Å². The van der Waals surface area contributed by atoms with E-state index < -0.39 is 0 Å². The summed E-state index contributed by atoms with van der Waals surface area (Å²) in [5, 5.41) is 4.64. The third kappa shape index (κ3) is 3.90. The molecule has 0 bridgehead atoms. The molecule has 1 aromatic carbocycles. The van der Waals surface area contributed by atoms with Gasteiger partial charge in [0.05, 0.1) is 15.9 Å². The number of aromatic nitrogens is 2. The number of rotatable bonds is 6. The van der Waals surface area contributed by atoms with E-state index in [1.807, 2.05) is 18.7 Å². The van der Waals surface area contributed by atoms with Crippen LogP contribution in [0.3, 0.4) is 0 Å². The first-order chi connectivity index (χ1) is 10.1. The summed E-state index contributed by atoms with van der Waals surface area (Å²) in [7, 11) is 0. The van der Waals surface area contributed by atoms with Crippen LogP contribution in [-0.2, 0) is 18.7 Å². The molecule has 0 saturated heterocycles. The van der Waals surface area contributed by atoms with Gasteiger partial charge in [-0.3, -0.25) is 4.68 Å². The summed E-state index contributed by atoms with van der Waals surface area (Å²) in [6, 6.07) is 8.59. The first-order valence-corrected chi connectivity index (χ1v) is 9.07. The summed E-state index contributed by atoms with van der Waals surface area (Å²) in [6.07, 6.45) is 0.953. The number of hydrogen-bond donors (Lipinski definition) is 1. The second kappa shape index (κ2) is 7.47. The van der Waals surface area contributed by atoms with Crippen LogP contribution < -0.4 is 5.73 Å². The Morgan fingerprint density at radius 1 is 1.29 bits per heavy atom. The molecule has 2 aromatic rings. The summed E-state index contributed by atoms with van der Waals surface area (Å²) < 4.78 is 3.25. The summed E-state index contributed by atoms with van der Waals surface area (Å²) in [4.78, 5) is 1.26. The van der Waals surface area contributed by atoms with Crippen molar-refractivity contribution in [3.8, 4) is 0 Å². The maximum atomic E-state index is 5.88. The lowest BCUT2D eigenvalue weighted by Crippen LogP contribution is -2.04. The van der Waals surface area contributed by atoms with Gasteiger partial charge < -0.3 is 5.73 Å². The van der Waals surface area contributed by atoms with Crippen LogP contribution in [0.5, 0.6) is 0 Å². The molecule has 114 valence electrons. The molecular weight excluding hydrogens is 346 g/mol. The van der Waals surface area contributed by atoms with Gasteiger partial charge in [0.15, 0.2) is 0 Å². The Bertz CT molecular complexity index is 590. The van der Waals surface area contributed by atoms with Crippen molar-refractivity contribution in [3.05, 3.63) is 45.7 Å². The summed E-state index contributed by atoms with van der Waals surface area (Å²) in [5.74, 6) is 0.916. The van der Waals surface area contributed by atoms with Crippen molar-refractivity contribution in [2.45, 2.75) is 50.4 Å². The van der Waals surface area contributed by atoms with Gasteiger partial charge in [-0.25, -0.2) is 0 Å². The fraction of sp³-hybridized carbons (Fsp3) is 0.438. The monoisotopic (exact) mass is 367 g/mol. The minimum Gasteiger partial charge on any atom is -0.324 e. The van der Waals surface area contributed by atoms with Crippen molar-refractivity contribution in [3.63, 3.8) is 0 Å². The smallest absolute Gasteiger partial charge is 0.0767 e. The Morgan fingerprint density at radius 3 is 2.48 bits per heavy atom. The third-order valence-corrected chi connectivity index (χ3v) is 5.41. The molecular formula is C16H22BrN3S. The maximum Gasteiger partial charge on any atom is 0.0767 e. The average molecular weight is 368 g/mol. The molecule has 21 heavy (non-hydrogen) atoms. The Balaban J connectivity index is 2.10. The minimum absolute atomic E-state index is 0.0897. The molecule has 5 heteroatoms. The quantitative estimate of drug-likeness (QED) is 0.762. The van der Waals surface area contributed by atoms with E-state index in [0.29, 0.717) is 0 Å². The standard InChI is InChI=1S/C16H22BrN3S/c1-4-14-16(17)15(20(5-2)19-14)10-21-13-8-6-12(7-9-13)11(3)18/h6-9,11H,4-5,10,18H2,1-3H3. The molecule has 3 nitrogen and oxygen atoms in total. The van der Waals surface area contributed by atoms with Gasteiger partial charge in [-0.2, -0.15) is 5.10 Å². The number of benzene rings is 1. The van der Waals surface area contributed by atoms with Crippen molar-refractivity contribution < 1.29 is 0 Å². The highest BCUT2D eigenvalue weighted by Crippen LogP contribution is 2.30. The van der Waals surface area contributed by atoms with Gasteiger partial charge in [0, 0.05) is 23.2 Å². The number of nitrogens with two attached hydrogens (primary N) is 1. The van der Waals surface area contributed by atoms with E-state index >= 15 is 0 Å². The Hall–Kier alpha value is -0.780. The van der Waals surface area contributed by atoms with Gasteiger partial charge in [0.1, 0.15) is 0 Å². The van der Waals surface area contributed by atoms with Crippen LogP contribution in [0.1, 0.15) is 43.8 Å². The summed E-state index contributed by atoms with van der Waals surface area (Å²) >= 11 is 5.52. The zero-order chi connectivity index (χ0) is 15.4. The largest absolute Gasteiger partial charge is 0.324 e. The van der Waals surface area contributed by atoms with Crippen LogP contribution in [0.25, 0.3) is 0 Å². The first-order valence-electron chi connectivity index (χ1n) is 7.29. The molecule has 0 fully saturated rings. The lowest BCUT2D eigenvalue weighted by molar-refractivity contribution is 0.627. The van der Waals surface area contributed by atoms with Crippen LogP contribution in [0.15, 0.2) is 33.6 Å². The van der Waals surface area contributed by atoms with Crippen LogP contribution in [0.4, 0.5) is 0 Å². The number of nitrogens with zero attached hydrogens (tertiary/aromatic N) is 2. The van der Waals surface area contributed by atoms with Crippen molar-refractivity contribution >= 4 is 27.7 Å². The lowest BCUT2D eigenvalue weighted by Gasteiger charge is -2.08. The van der Waals surface area contributed by atoms with Crippen molar-refractivity contribution in [1.82, 2.24) is 9.78 Å². The van der Waals surface area contributed by atoms with Gasteiger partial charge in [0.2, 0.25) is 0 Å². The number of aryl methyl sites for hydroxylation is 2. The molecule has 2 rings (SSSR count). The van der Waals surface area contributed by atoms with Crippen LogP contribution in [0, 0.1) is 0 Å². The molecule has 1 atom stereocenters. The van der Waals surface area contributed by atoms with E-state index in [1.165, 1.54) is 16.2 Å². The molecule has 0 amide bonds. The van der Waals surface area contributed by atoms with Crippen LogP contribution >= 0.6 is 27.7 Å². The number of halogens is 1. The van der Waals surface area contributed by atoms with Crippen molar-refractivity contribution in [2.75, 3.05) is 0 Å². The highest BCUT2D eigenvalue weighted by atomic mass is 79.9. The van der Waals surface area contributed by atoms with Crippen LogP contribution in [0.2, 0.25) is 0 Å². The van der Waals surface area contributed by atoms with E-state index in [-0.39, 0.29) is 6.04 Å². The first kappa shape index (κ1) is 16.6. The fourth-order valence-corrected chi connectivity index (χ4v) is 3.99. The molecule has 0 radical (unpaired) electrons. The molecule has 0 saturated carbocycles. The number of hydrogen-bond acceptors (Lipinski definition) is 3. The highest BCUT2D eigenvalue weighted by Gasteiger charge is 2.13. The zero-order valence-electron chi connectivity index (χ0n) is 12.8. The molecule has 1 unspecified atom stereocenters. The van der Waals surface area contributed by atoms with E-state index in [2.05, 4.69) is 63.8 Å². The Kier molecular flexibility index (Phi) is 5.90. The second-order valence-electron chi connectivity index (χ2n) is 5.02. The minimum atomic E-state index is 0.0897. The normalized spacial score (nSPS) is 12.6. The second-order valence-corrected chi connectivity index (χ2v) is 6.86. The average Bonchev–Trinajstić information content (AvgIpc) is 2.81.